The maximum Gasteiger partial charge on any atom is 0.308 e. The Morgan fingerprint density at radius 3 is 2.02 bits per heavy atom. The SMILES string of the molecule is CNC(=O)c1cc(NC(=O)CNC(=O)C(NC(=O)CNC(=O)CCOCCC(=O)C(C)C)C(C)C)ccc1COC(=O)C(C)C. The van der Waals surface area contributed by atoms with E-state index in [1.807, 2.05) is 0 Å². The highest BCUT2D eigenvalue weighted by Gasteiger charge is 2.25. The molecular weight excluding hydrogens is 586 g/mol. The lowest BCUT2D eigenvalue weighted by Gasteiger charge is -2.21. The molecule has 250 valence electrons. The highest BCUT2D eigenvalue weighted by atomic mass is 16.5. The standard InChI is InChI=1S/C31H47N5O9/c1-18(2)24(37)10-12-44-13-11-25(38)33-15-27(40)36-28(19(3)4)30(42)34-16-26(39)35-22-9-8-21(17-45-31(43)20(5)6)23(14-22)29(41)32-7/h8-9,14,18-20,28H,10-13,15-17H2,1-7H3,(H,32,41)(H,33,38)(H,34,42)(H,35,39)(H,36,40). The molecule has 5 amide bonds. The van der Waals surface area contributed by atoms with Crippen molar-refractivity contribution in [2.75, 3.05) is 38.7 Å². The lowest BCUT2D eigenvalue weighted by Crippen LogP contribution is -2.52. The van der Waals surface area contributed by atoms with Crippen LogP contribution in [0.4, 0.5) is 5.69 Å². The zero-order chi connectivity index (χ0) is 34.1. The number of ketones is 1. The van der Waals surface area contributed by atoms with E-state index in [1.54, 1.807) is 47.6 Å². The summed E-state index contributed by atoms with van der Waals surface area (Å²) in [6.07, 6.45) is 0.275. The number of hydrogen-bond donors (Lipinski definition) is 5. The second kappa shape index (κ2) is 19.8. The number of carbonyl (C=O) groups excluding carboxylic acids is 7. The van der Waals surface area contributed by atoms with E-state index in [0.29, 0.717) is 5.56 Å². The average Bonchev–Trinajstić information content (AvgIpc) is 2.99. The van der Waals surface area contributed by atoms with E-state index in [-0.39, 0.29) is 74.0 Å². The summed E-state index contributed by atoms with van der Waals surface area (Å²) >= 11 is 0. The van der Waals surface area contributed by atoms with Crippen molar-refractivity contribution in [3.8, 4) is 0 Å². The maximum atomic E-state index is 12.8. The summed E-state index contributed by atoms with van der Waals surface area (Å²) in [5.41, 5.74) is 0.936. The summed E-state index contributed by atoms with van der Waals surface area (Å²) < 4.78 is 10.5. The van der Waals surface area contributed by atoms with E-state index in [1.165, 1.54) is 19.2 Å². The highest BCUT2D eigenvalue weighted by Crippen LogP contribution is 2.18. The number of esters is 1. The van der Waals surface area contributed by atoms with Crippen LogP contribution in [0.5, 0.6) is 0 Å². The fraction of sp³-hybridized carbons (Fsp3) is 0.581. The minimum Gasteiger partial charge on any atom is -0.461 e. The smallest absolute Gasteiger partial charge is 0.308 e. The van der Waals surface area contributed by atoms with Gasteiger partial charge in [-0.3, -0.25) is 33.6 Å². The third-order valence-electron chi connectivity index (χ3n) is 6.45. The van der Waals surface area contributed by atoms with Crippen LogP contribution in [0.2, 0.25) is 0 Å². The number of rotatable bonds is 19. The van der Waals surface area contributed by atoms with Crippen molar-refractivity contribution in [1.29, 1.82) is 0 Å². The zero-order valence-corrected chi connectivity index (χ0v) is 27.2. The molecule has 14 nitrogen and oxygen atoms in total. The molecule has 1 atom stereocenters. The third-order valence-corrected chi connectivity index (χ3v) is 6.45. The Morgan fingerprint density at radius 1 is 0.778 bits per heavy atom. The van der Waals surface area contributed by atoms with E-state index < -0.39 is 48.1 Å². The van der Waals surface area contributed by atoms with Crippen LogP contribution in [0.3, 0.4) is 0 Å². The minimum absolute atomic E-state index is 0.00524. The molecule has 0 aliphatic rings. The minimum atomic E-state index is -0.975. The number of Topliss-reactive ketones (excluding diaryl/α,β-unsaturated/α-hetero) is 1. The number of anilines is 1. The first-order chi connectivity index (χ1) is 21.2. The molecule has 0 aliphatic heterocycles. The van der Waals surface area contributed by atoms with Crippen LogP contribution >= 0.6 is 0 Å². The molecule has 0 heterocycles. The fourth-order valence-electron chi connectivity index (χ4n) is 3.68. The maximum absolute atomic E-state index is 12.8. The van der Waals surface area contributed by atoms with Crippen molar-refractivity contribution in [1.82, 2.24) is 21.3 Å². The Kier molecular flexibility index (Phi) is 17.1. The summed E-state index contributed by atoms with van der Waals surface area (Å²) in [5.74, 6) is -3.72. The van der Waals surface area contributed by atoms with Crippen molar-refractivity contribution < 1.29 is 43.0 Å². The number of hydrogen-bond acceptors (Lipinski definition) is 9. The van der Waals surface area contributed by atoms with Crippen LogP contribution in [-0.2, 0) is 44.8 Å². The molecule has 0 saturated heterocycles. The van der Waals surface area contributed by atoms with Crippen LogP contribution in [0.15, 0.2) is 18.2 Å². The molecule has 0 spiro atoms. The van der Waals surface area contributed by atoms with Gasteiger partial charge < -0.3 is 36.1 Å². The average molecular weight is 634 g/mol. The normalized spacial score (nSPS) is 11.5. The monoisotopic (exact) mass is 633 g/mol. The first kappa shape index (κ1) is 38.7. The molecule has 5 N–H and O–H groups in total. The molecule has 45 heavy (non-hydrogen) atoms. The van der Waals surface area contributed by atoms with E-state index in [2.05, 4.69) is 26.6 Å². The van der Waals surface area contributed by atoms with Crippen LogP contribution in [0.1, 0.15) is 70.3 Å². The Bertz CT molecular complexity index is 1210. The molecule has 1 unspecified atom stereocenters. The second-order valence-corrected chi connectivity index (χ2v) is 11.3. The van der Waals surface area contributed by atoms with Gasteiger partial charge in [-0.25, -0.2) is 0 Å². The number of nitrogens with one attached hydrogen (secondary N) is 5. The molecule has 0 fully saturated rings. The van der Waals surface area contributed by atoms with E-state index in [4.69, 9.17) is 9.47 Å². The molecular formula is C31H47N5O9. The van der Waals surface area contributed by atoms with Gasteiger partial charge in [0.15, 0.2) is 0 Å². The van der Waals surface area contributed by atoms with Crippen molar-refractivity contribution in [3.63, 3.8) is 0 Å². The van der Waals surface area contributed by atoms with Crippen molar-refractivity contribution in [2.45, 2.75) is 67.0 Å². The predicted octanol–water partition coefficient (Wildman–Crippen LogP) is 1.08. The zero-order valence-electron chi connectivity index (χ0n) is 27.2. The topological polar surface area (TPSA) is 198 Å². The molecule has 0 radical (unpaired) electrons. The Hall–Kier alpha value is -4.33. The van der Waals surface area contributed by atoms with Gasteiger partial charge in [-0.15, -0.1) is 0 Å². The molecule has 0 saturated carbocycles. The van der Waals surface area contributed by atoms with E-state index >= 15 is 0 Å². The number of benzene rings is 1. The fourth-order valence-corrected chi connectivity index (χ4v) is 3.68. The highest BCUT2D eigenvalue weighted by molar-refractivity contribution is 5.99. The van der Waals surface area contributed by atoms with Crippen molar-refractivity contribution >= 4 is 47.0 Å². The summed E-state index contributed by atoms with van der Waals surface area (Å²) in [6, 6.07) is 3.55. The number of amides is 5. The molecule has 1 rings (SSSR count). The summed E-state index contributed by atoms with van der Waals surface area (Å²) in [4.78, 5) is 85.6. The van der Waals surface area contributed by atoms with E-state index in [9.17, 15) is 33.6 Å². The number of ether oxygens (including phenoxy) is 2. The van der Waals surface area contributed by atoms with Gasteiger partial charge in [0.25, 0.3) is 5.91 Å². The molecule has 1 aromatic carbocycles. The van der Waals surface area contributed by atoms with Crippen LogP contribution in [0, 0.1) is 17.8 Å². The lowest BCUT2D eigenvalue weighted by molar-refractivity contribution is -0.148. The first-order valence-corrected chi connectivity index (χ1v) is 14.9. The third kappa shape index (κ3) is 14.8. The van der Waals surface area contributed by atoms with Crippen LogP contribution in [0.25, 0.3) is 0 Å². The van der Waals surface area contributed by atoms with Crippen molar-refractivity contribution in [2.24, 2.45) is 17.8 Å². The first-order valence-electron chi connectivity index (χ1n) is 14.9. The van der Waals surface area contributed by atoms with Gasteiger partial charge in [0.1, 0.15) is 18.4 Å². The molecule has 0 aromatic heterocycles. The van der Waals surface area contributed by atoms with Crippen molar-refractivity contribution in [3.05, 3.63) is 29.3 Å². The van der Waals surface area contributed by atoms with Gasteiger partial charge in [0.05, 0.1) is 32.2 Å². The largest absolute Gasteiger partial charge is 0.461 e. The van der Waals surface area contributed by atoms with Gasteiger partial charge in [0, 0.05) is 42.6 Å². The predicted molar refractivity (Wildman–Crippen MR) is 166 cm³/mol. The molecule has 1 aromatic rings. The lowest BCUT2D eigenvalue weighted by atomic mass is 10.0. The summed E-state index contributed by atoms with van der Waals surface area (Å²) in [5, 5.41) is 12.6. The quantitative estimate of drug-likeness (QED) is 0.109. The van der Waals surface area contributed by atoms with Crippen LogP contribution in [-0.4, -0.2) is 80.7 Å². The molecule has 0 aliphatic carbocycles. The van der Waals surface area contributed by atoms with E-state index in [0.717, 1.165) is 0 Å². The summed E-state index contributed by atoms with van der Waals surface area (Å²) in [7, 11) is 1.45. The second-order valence-electron chi connectivity index (χ2n) is 11.3. The Labute approximate surface area is 264 Å². The number of carbonyl (C=O) groups is 7. The van der Waals surface area contributed by atoms with Crippen LogP contribution < -0.4 is 26.6 Å². The van der Waals surface area contributed by atoms with Gasteiger partial charge in [-0.1, -0.05) is 47.6 Å². The van der Waals surface area contributed by atoms with Gasteiger partial charge in [-0.05, 0) is 18.1 Å². The Morgan fingerprint density at radius 2 is 1.42 bits per heavy atom. The summed E-state index contributed by atoms with van der Waals surface area (Å²) in [6.45, 7) is 9.84. The van der Waals surface area contributed by atoms with Gasteiger partial charge in [-0.2, -0.15) is 0 Å². The van der Waals surface area contributed by atoms with Gasteiger partial charge in [0.2, 0.25) is 23.6 Å². The van der Waals surface area contributed by atoms with Gasteiger partial charge >= 0.3 is 5.97 Å². The molecule has 14 heteroatoms. The molecule has 0 bridgehead atoms. The Balaban J connectivity index is 2.59.